The van der Waals surface area contributed by atoms with E-state index in [1.54, 1.807) is 0 Å². The van der Waals surface area contributed by atoms with Gasteiger partial charge in [-0.15, -0.1) is 0 Å². The summed E-state index contributed by atoms with van der Waals surface area (Å²) in [4.78, 5) is 18.2. The molecule has 1 aromatic carbocycles. The zero-order chi connectivity index (χ0) is 8.32. The van der Waals surface area contributed by atoms with Crippen molar-refractivity contribution in [1.82, 2.24) is 0 Å². The molecule has 2 nitrogen and oxygen atoms in total. The fraction of sp³-hybridized carbons (Fsp3) is 0.143. The second-order valence-electron chi connectivity index (χ2n) is 2.38. The average molecular weight is 237 g/mol. The Morgan fingerprint density at radius 2 is 1.73 bits per heavy atom. The number of benzene rings is 1. The molecule has 2 N–H and O–H groups in total. The molecule has 0 aliphatic heterocycles. The number of rotatable bonds is 2. The van der Waals surface area contributed by atoms with Crippen molar-refractivity contribution in [3.05, 3.63) is 35.9 Å². The Hall–Kier alpha value is 0.0500. The van der Waals surface area contributed by atoms with E-state index in [-0.39, 0.29) is 0 Å². The van der Waals surface area contributed by atoms with E-state index < -0.39 is 6.42 Å². The van der Waals surface area contributed by atoms with Gasteiger partial charge in [0.1, 0.15) is 0 Å². The van der Waals surface area contributed by atoms with E-state index in [1.165, 1.54) is 0 Å². The Morgan fingerprint density at radius 3 is 2.18 bits per heavy atom. The van der Waals surface area contributed by atoms with Crippen LogP contribution in [0.25, 0.3) is 0 Å². The predicted molar refractivity (Wildman–Crippen MR) is 51.8 cm³/mol. The molecule has 0 saturated heterocycles. The first-order valence-electron chi connectivity index (χ1n) is 3.25. The van der Waals surface area contributed by atoms with Crippen molar-refractivity contribution in [2.45, 2.75) is 6.16 Å². The van der Waals surface area contributed by atoms with Gasteiger partial charge in [0.2, 0.25) is 0 Å². The molecule has 0 aromatic heterocycles. The number of hydrogen-bond donors (Lipinski definition) is 2. The predicted octanol–water partition coefficient (Wildman–Crippen LogP) is 2.06. The van der Waals surface area contributed by atoms with Crippen molar-refractivity contribution in [2.24, 2.45) is 0 Å². The standard InChI is InChI=1S/C7H10BrO2P/c8-11(9,10)6-7-4-2-1-3-5-7/h1-5,9-11H,6H2. The first-order chi connectivity index (χ1) is 5.08. The van der Waals surface area contributed by atoms with Gasteiger partial charge in [0.15, 0.2) is 0 Å². The van der Waals surface area contributed by atoms with Crippen LogP contribution in [-0.2, 0) is 6.16 Å². The van der Waals surface area contributed by atoms with Crippen molar-refractivity contribution in [3.63, 3.8) is 0 Å². The molecule has 11 heavy (non-hydrogen) atoms. The molecular weight excluding hydrogens is 227 g/mol. The second kappa shape index (κ2) is 3.63. The molecule has 0 aliphatic carbocycles. The Morgan fingerprint density at radius 1 is 1.18 bits per heavy atom. The molecule has 0 amide bonds. The van der Waals surface area contributed by atoms with Crippen LogP contribution in [0, 0.1) is 0 Å². The van der Waals surface area contributed by atoms with Gasteiger partial charge in [0.25, 0.3) is 0 Å². The Labute approximate surface area is 74.1 Å². The Kier molecular flexibility index (Phi) is 3.02. The molecule has 0 radical (unpaired) electrons. The molecule has 4 heteroatoms. The van der Waals surface area contributed by atoms with Crippen molar-refractivity contribution in [2.75, 3.05) is 0 Å². The average Bonchev–Trinajstić information content (AvgIpc) is 1.85. The Balaban J connectivity index is 2.66. The van der Waals surface area contributed by atoms with Crippen molar-refractivity contribution in [1.29, 1.82) is 0 Å². The topological polar surface area (TPSA) is 40.5 Å². The molecule has 1 aromatic rings. The summed E-state index contributed by atoms with van der Waals surface area (Å²) in [5, 5.41) is 0. The van der Waals surface area contributed by atoms with Gasteiger partial charge in [0, 0.05) is 0 Å². The second-order valence-corrected chi connectivity index (χ2v) is 7.98. The molecular formula is C7H10BrO2P. The van der Waals surface area contributed by atoms with Crippen LogP contribution in [0.2, 0.25) is 0 Å². The molecule has 62 valence electrons. The maximum atomic E-state index is 9.08. The van der Waals surface area contributed by atoms with Gasteiger partial charge in [0.05, 0.1) is 0 Å². The van der Waals surface area contributed by atoms with Gasteiger partial charge in [-0.2, -0.15) is 0 Å². The summed E-state index contributed by atoms with van der Waals surface area (Å²) in [5.74, 6) is 0. The van der Waals surface area contributed by atoms with Gasteiger partial charge in [-0.05, 0) is 0 Å². The summed E-state index contributed by atoms with van der Waals surface area (Å²) in [7, 11) is 0. The first-order valence-corrected chi connectivity index (χ1v) is 7.61. The molecule has 0 saturated carbocycles. The monoisotopic (exact) mass is 236 g/mol. The van der Waals surface area contributed by atoms with E-state index in [2.05, 4.69) is 15.5 Å². The maximum absolute atomic E-state index is 9.08. The molecule has 0 bridgehead atoms. The summed E-state index contributed by atoms with van der Waals surface area (Å²) < 4.78 is 0. The van der Waals surface area contributed by atoms with Crippen LogP contribution in [0.1, 0.15) is 5.56 Å². The van der Waals surface area contributed by atoms with Gasteiger partial charge in [-0.3, -0.25) is 0 Å². The number of hydrogen-bond acceptors (Lipinski definition) is 2. The Bertz CT molecular complexity index is 220. The molecule has 0 atom stereocenters. The van der Waals surface area contributed by atoms with Crippen molar-refractivity contribution >= 4 is 21.9 Å². The third-order valence-corrected chi connectivity index (χ3v) is 2.97. The van der Waals surface area contributed by atoms with Gasteiger partial charge in [-0.25, -0.2) is 0 Å². The van der Waals surface area contributed by atoms with Crippen LogP contribution >= 0.6 is 21.9 Å². The van der Waals surface area contributed by atoms with Crippen LogP contribution in [0.15, 0.2) is 30.3 Å². The summed E-state index contributed by atoms with van der Waals surface area (Å²) >= 11 is 2.87. The quantitative estimate of drug-likeness (QED) is 0.773. The van der Waals surface area contributed by atoms with E-state index >= 15 is 0 Å². The van der Waals surface area contributed by atoms with E-state index in [9.17, 15) is 0 Å². The van der Waals surface area contributed by atoms with Crippen molar-refractivity contribution < 1.29 is 9.79 Å². The zero-order valence-electron chi connectivity index (χ0n) is 5.87. The summed E-state index contributed by atoms with van der Waals surface area (Å²) in [6.07, 6.45) is -2.76. The normalized spacial score (nSPS) is 13.0. The molecule has 0 spiro atoms. The number of halogens is 1. The molecule has 0 aliphatic rings. The summed E-state index contributed by atoms with van der Waals surface area (Å²) in [6.45, 7) is 0. The van der Waals surface area contributed by atoms with Crippen LogP contribution in [0.3, 0.4) is 0 Å². The van der Waals surface area contributed by atoms with E-state index in [4.69, 9.17) is 9.79 Å². The van der Waals surface area contributed by atoms with Crippen LogP contribution in [-0.4, -0.2) is 9.79 Å². The van der Waals surface area contributed by atoms with Gasteiger partial charge in [-0.1, -0.05) is 0 Å². The zero-order valence-corrected chi connectivity index (χ0v) is 8.45. The van der Waals surface area contributed by atoms with Crippen LogP contribution in [0.4, 0.5) is 0 Å². The van der Waals surface area contributed by atoms with E-state index in [1.807, 2.05) is 30.3 Å². The van der Waals surface area contributed by atoms with E-state index in [0.29, 0.717) is 6.16 Å². The van der Waals surface area contributed by atoms with Crippen molar-refractivity contribution in [3.8, 4) is 0 Å². The molecule has 1 rings (SSSR count). The first kappa shape index (κ1) is 9.14. The van der Waals surface area contributed by atoms with Gasteiger partial charge >= 0.3 is 73.8 Å². The van der Waals surface area contributed by atoms with Gasteiger partial charge < -0.3 is 0 Å². The van der Waals surface area contributed by atoms with E-state index in [0.717, 1.165) is 5.56 Å². The molecule has 0 fully saturated rings. The fourth-order valence-electron chi connectivity index (χ4n) is 0.856. The summed E-state index contributed by atoms with van der Waals surface area (Å²) in [6, 6.07) is 9.39. The third-order valence-electron chi connectivity index (χ3n) is 1.27. The minimum atomic E-state index is -3.09. The van der Waals surface area contributed by atoms with Crippen LogP contribution in [0.5, 0.6) is 0 Å². The fourth-order valence-corrected chi connectivity index (χ4v) is 2.58. The molecule has 0 heterocycles. The minimum absolute atomic E-state index is 0.327. The SMILES string of the molecule is O[PH](O)(Br)Cc1ccccc1. The summed E-state index contributed by atoms with van der Waals surface area (Å²) in [5.41, 5.74) is 0.945. The third kappa shape index (κ3) is 3.82. The molecule has 0 unspecified atom stereocenters. The van der Waals surface area contributed by atoms with Crippen LogP contribution < -0.4 is 0 Å².